The van der Waals surface area contributed by atoms with Gasteiger partial charge in [0.15, 0.2) is 0 Å². The summed E-state index contributed by atoms with van der Waals surface area (Å²) in [7, 11) is 1.54. The number of benzene rings is 1. The molecule has 1 aromatic carbocycles. The first kappa shape index (κ1) is 12.4. The van der Waals surface area contributed by atoms with Crippen LogP contribution in [0.2, 0.25) is 0 Å². The number of fused-ring (bicyclic) bond motifs is 1. The number of aromatic amines is 1. The van der Waals surface area contributed by atoms with Crippen LogP contribution < -0.4 is 10.5 Å². The highest BCUT2D eigenvalue weighted by Gasteiger charge is 2.24. The maximum atomic E-state index is 11.2. The van der Waals surface area contributed by atoms with Crippen molar-refractivity contribution < 1.29 is 14.6 Å². The van der Waals surface area contributed by atoms with Crippen LogP contribution in [0.25, 0.3) is 10.9 Å². The van der Waals surface area contributed by atoms with E-state index in [0.29, 0.717) is 11.3 Å². The minimum absolute atomic E-state index is 0.0423. The summed E-state index contributed by atoms with van der Waals surface area (Å²) in [5, 5.41) is 10.1. The average molecular weight is 248 g/mol. The molecule has 18 heavy (non-hydrogen) atoms. The molecule has 0 saturated heterocycles. The largest absolute Gasteiger partial charge is 0.496 e. The third kappa shape index (κ3) is 1.82. The number of nitrogens with two attached hydrogens (primary N) is 1. The van der Waals surface area contributed by atoms with Crippen molar-refractivity contribution in [3.05, 3.63) is 29.5 Å². The van der Waals surface area contributed by atoms with E-state index in [9.17, 15) is 9.90 Å². The highest BCUT2D eigenvalue weighted by atomic mass is 16.5. The smallest absolute Gasteiger partial charge is 0.312 e. The van der Waals surface area contributed by atoms with Gasteiger partial charge in [0.1, 0.15) is 5.75 Å². The van der Waals surface area contributed by atoms with E-state index in [-0.39, 0.29) is 6.54 Å². The van der Waals surface area contributed by atoms with Crippen LogP contribution in [0.5, 0.6) is 5.75 Å². The number of hydrogen-bond donors (Lipinski definition) is 3. The number of nitrogens with one attached hydrogen (secondary N) is 1. The summed E-state index contributed by atoms with van der Waals surface area (Å²) in [5.41, 5.74) is 8.10. The first-order valence-electron chi connectivity index (χ1n) is 5.67. The van der Waals surface area contributed by atoms with Gasteiger partial charge in [0.25, 0.3) is 0 Å². The standard InChI is InChI=1S/C13H16N2O3/c1-7-6-15-10-4-3-8(9(5-14)13(16)17)12(18-2)11(7)10/h3-4,6,9,15H,5,14H2,1-2H3,(H,16,17). The van der Waals surface area contributed by atoms with Crippen LogP contribution >= 0.6 is 0 Å². The minimum Gasteiger partial charge on any atom is -0.496 e. The molecule has 1 unspecified atom stereocenters. The van der Waals surface area contributed by atoms with Crippen LogP contribution in [-0.2, 0) is 4.79 Å². The Balaban J connectivity index is 2.70. The normalized spacial score (nSPS) is 12.6. The highest BCUT2D eigenvalue weighted by molar-refractivity contribution is 5.92. The molecule has 1 heterocycles. The van der Waals surface area contributed by atoms with Crippen molar-refractivity contribution in [1.82, 2.24) is 4.98 Å². The van der Waals surface area contributed by atoms with E-state index in [1.54, 1.807) is 13.2 Å². The zero-order chi connectivity index (χ0) is 13.3. The topological polar surface area (TPSA) is 88.3 Å². The Morgan fingerprint density at radius 2 is 2.28 bits per heavy atom. The van der Waals surface area contributed by atoms with Crippen LogP contribution in [0.3, 0.4) is 0 Å². The van der Waals surface area contributed by atoms with Crippen LogP contribution in [0.1, 0.15) is 17.0 Å². The number of ether oxygens (including phenoxy) is 1. The number of hydrogen-bond acceptors (Lipinski definition) is 3. The first-order valence-corrected chi connectivity index (χ1v) is 5.67. The van der Waals surface area contributed by atoms with Crippen molar-refractivity contribution in [2.24, 2.45) is 5.73 Å². The molecule has 0 saturated carbocycles. The molecule has 96 valence electrons. The Kier molecular flexibility index (Phi) is 3.25. The molecule has 0 amide bonds. The summed E-state index contributed by atoms with van der Waals surface area (Å²) in [4.78, 5) is 14.3. The van der Waals surface area contributed by atoms with Gasteiger partial charge in [0.05, 0.1) is 13.0 Å². The fourth-order valence-electron chi connectivity index (χ4n) is 2.22. The predicted molar refractivity (Wildman–Crippen MR) is 69.0 cm³/mol. The van der Waals surface area contributed by atoms with Crippen molar-refractivity contribution in [3.63, 3.8) is 0 Å². The van der Waals surface area contributed by atoms with Crippen molar-refractivity contribution in [2.45, 2.75) is 12.8 Å². The molecule has 5 nitrogen and oxygen atoms in total. The number of aryl methyl sites for hydroxylation is 1. The number of carboxylic acid groups (broad SMARTS) is 1. The molecular weight excluding hydrogens is 232 g/mol. The minimum atomic E-state index is -0.941. The van der Waals surface area contributed by atoms with Crippen molar-refractivity contribution in [1.29, 1.82) is 0 Å². The van der Waals surface area contributed by atoms with Crippen LogP contribution in [0.15, 0.2) is 18.3 Å². The van der Waals surface area contributed by atoms with Gasteiger partial charge in [-0.1, -0.05) is 6.07 Å². The zero-order valence-corrected chi connectivity index (χ0v) is 10.4. The summed E-state index contributed by atoms with van der Waals surface area (Å²) in [6.45, 7) is 1.99. The SMILES string of the molecule is COc1c(C(CN)C(=O)O)ccc2[nH]cc(C)c12. The lowest BCUT2D eigenvalue weighted by Crippen LogP contribution is -2.21. The van der Waals surface area contributed by atoms with Crippen molar-refractivity contribution in [2.75, 3.05) is 13.7 Å². The Hall–Kier alpha value is -2.01. The van der Waals surface area contributed by atoms with Crippen LogP contribution in [0, 0.1) is 6.92 Å². The van der Waals surface area contributed by atoms with Gasteiger partial charge in [-0.15, -0.1) is 0 Å². The van der Waals surface area contributed by atoms with Gasteiger partial charge in [-0.05, 0) is 18.6 Å². The second-order valence-corrected chi connectivity index (χ2v) is 4.21. The molecular formula is C13H16N2O3. The molecule has 0 aliphatic rings. The van der Waals surface area contributed by atoms with Crippen molar-refractivity contribution >= 4 is 16.9 Å². The second-order valence-electron chi connectivity index (χ2n) is 4.21. The Bertz CT molecular complexity index is 589. The molecule has 1 atom stereocenters. The summed E-state index contributed by atoms with van der Waals surface area (Å²) in [6.07, 6.45) is 1.87. The number of rotatable bonds is 4. The molecule has 0 aliphatic heterocycles. The molecule has 0 aliphatic carbocycles. The summed E-state index contributed by atoms with van der Waals surface area (Å²) >= 11 is 0. The lowest BCUT2D eigenvalue weighted by molar-refractivity contribution is -0.138. The summed E-state index contributed by atoms with van der Waals surface area (Å²) in [6, 6.07) is 3.61. The van der Waals surface area contributed by atoms with Gasteiger partial charge < -0.3 is 20.6 Å². The number of carbonyl (C=O) groups is 1. The molecule has 2 rings (SSSR count). The Labute approximate surface area is 105 Å². The van der Waals surface area contributed by atoms with Crippen LogP contribution in [-0.4, -0.2) is 29.7 Å². The van der Waals surface area contributed by atoms with Gasteiger partial charge in [-0.25, -0.2) is 0 Å². The predicted octanol–water partition coefficient (Wildman–Crippen LogP) is 1.61. The average Bonchev–Trinajstić information content (AvgIpc) is 2.72. The summed E-state index contributed by atoms with van der Waals surface area (Å²) < 4.78 is 5.39. The van der Waals surface area contributed by atoms with Crippen LogP contribution in [0.4, 0.5) is 0 Å². The molecule has 2 aromatic rings. The Morgan fingerprint density at radius 1 is 1.56 bits per heavy atom. The fraction of sp³-hybridized carbons (Fsp3) is 0.308. The maximum absolute atomic E-state index is 11.2. The summed E-state index contributed by atoms with van der Waals surface area (Å²) in [5.74, 6) is -1.11. The number of carboxylic acids is 1. The quantitative estimate of drug-likeness (QED) is 0.767. The van der Waals surface area contributed by atoms with Gasteiger partial charge in [0, 0.05) is 29.2 Å². The monoisotopic (exact) mass is 248 g/mol. The van der Waals surface area contributed by atoms with E-state index in [0.717, 1.165) is 16.5 Å². The maximum Gasteiger partial charge on any atom is 0.312 e. The number of methoxy groups -OCH3 is 1. The highest BCUT2D eigenvalue weighted by Crippen LogP contribution is 2.35. The van der Waals surface area contributed by atoms with E-state index >= 15 is 0 Å². The molecule has 1 aromatic heterocycles. The Morgan fingerprint density at radius 3 is 2.83 bits per heavy atom. The second kappa shape index (κ2) is 4.70. The van der Waals surface area contributed by atoms with E-state index in [2.05, 4.69) is 4.98 Å². The third-order valence-corrected chi connectivity index (χ3v) is 3.14. The molecule has 0 bridgehead atoms. The molecule has 0 fully saturated rings. The van der Waals surface area contributed by atoms with E-state index in [4.69, 9.17) is 10.5 Å². The molecule has 4 N–H and O–H groups in total. The number of H-pyrrole nitrogens is 1. The lowest BCUT2D eigenvalue weighted by Gasteiger charge is -2.15. The molecule has 0 radical (unpaired) electrons. The fourth-order valence-corrected chi connectivity index (χ4v) is 2.22. The zero-order valence-electron chi connectivity index (χ0n) is 10.4. The third-order valence-electron chi connectivity index (χ3n) is 3.14. The first-order chi connectivity index (χ1) is 8.60. The van der Waals surface area contributed by atoms with Gasteiger partial charge >= 0.3 is 5.97 Å². The van der Waals surface area contributed by atoms with E-state index in [1.807, 2.05) is 19.2 Å². The van der Waals surface area contributed by atoms with Crippen molar-refractivity contribution in [3.8, 4) is 5.75 Å². The lowest BCUT2D eigenvalue weighted by atomic mass is 9.96. The number of aliphatic carboxylic acids is 1. The molecule has 5 heteroatoms. The molecule has 0 spiro atoms. The number of aromatic nitrogens is 1. The van der Waals surface area contributed by atoms with E-state index < -0.39 is 11.9 Å². The van der Waals surface area contributed by atoms with Gasteiger partial charge in [0.2, 0.25) is 0 Å². The van der Waals surface area contributed by atoms with E-state index in [1.165, 1.54) is 0 Å². The van der Waals surface area contributed by atoms with Gasteiger partial charge in [-0.3, -0.25) is 4.79 Å². The van der Waals surface area contributed by atoms with Gasteiger partial charge in [-0.2, -0.15) is 0 Å².